The number of rotatable bonds is 0. The van der Waals surface area contributed by atoms with E-state index < -0.39 is 0 Å². The zero-order valence-electron chi connectivity index (χ0n) is 9.48. The lowest BCUT2D eigenvalue weighted by atomic mass is 10.0. The average Bonchev–Trinajstić information content (AvgIpc) is 2.79. The van der Waals surface area contributed by atoms with E-state index >= 15 is 0 Å². The van der Waals surface area contributed by atoms with Gasteiger partial charge in [-0.05, 0) is 29.0 Å². The highest BCUT2D eigenvalue weighted by Gasteiger charge is 2.10. The molecule has 0 N–H and O–H groups in total. The summed E-state index contributed by atoms with van der Waals surface area (Å²) in [5.41, 5.74) is 0. The van der Waals surface area contributed by atoms with E-state index in [4.69, 9.17) is 0 Å². The Labute approximate surface area is 117 Å². The summed E-state index contributed by atoms with van der Waals surface area (Å²) in [7, 11) is 0. The van der Waals surface area contributed by atoms with Crippen molar-refractivity contribution in [3.05, 3.63) is 59.1 Å². The van der Waals surface area contributed by atoms with Crippen molar-refractivity contribution >= 4 is 58.2 Å². The van der Waals surface area contributed by atoms with Crippen LogP contribution in [0.1, 0.15) is 0 Å². The van der Waals surface area contributed by atoms with Crippen LogP contribution in [-0.2, 0) is 0 Å². The molecule has 4 rings (SSSR count). The maximum Gasteiger partial charge on any atom is 0.0366 e. The highest BCUT2D eigenvalue weighted by atomic mass is 79.9. The van der Waals surface area contributed by atoms with Gasteiger partial charge in [0, 0.05) is 24.6 Å². The van der Waals surface area contributed by atoms with Gasteiger partial charge in [-0.3, -0.25) is 0 Å². The topological polar surface area (TPSA) is 0 Å². The molecule has 0 radical (unpaired) electrons. The standard InChI is InChI=1S/C16H9BrS/c17-12-6-3-7-13-16(12)15-11-5-2-1-4-10(11)8-9-14(15)18-13/h1-9H. The van der Waals surface area contributed by atoms with Crippen molar-refractivity contribution in [3.8, 4) is 0 Å². The summed E-state index contributed by atoms with van der Waals surface area (Å²) >= 11 is 5.55. The molecular weight excluding hydrogens is 304 g/mol. The molecule has 0 saturated heterocycles. The molecule has 0 aliphatic heterocycles. The molecule has 0 nitrogen and oxygen atoms in total. The van der Waals surface area contributed by atoms with Crippen LogP contribution < -0.4 is 0 Å². The van der Waals surface area contributed by atoms with Crippen molar-refractivity contribution < 1.29 is 0 Å². The first kappa shape index (κ1) is 10.5. The minimum atomic E-state index is 1.18. The Bertz CT molecular complexity index is 889. The number of benzene rings is 3. The Hall–Kier alpha value is -1.38. The molecular formula is C16H9BrS. The molecule has 3 aromatic carbocycles. The predicted molar refractivity (Wildman–Crippen MR) is 84.5 cm³/mol. The first-order valence-corrected chi connectivity index (χ1v) is 7.44. The maximum absolute atomic E-state index is 3.69. The molecule has 0 saturated carbocycles. The van der Waals surface area contributed by atoms with Crippen LogP contribution in [0, 0.1) is 0 Å². The van der Waals surface area contributed by atoms with Gasteiger partial charge in [0.1, 0.15) is 0 Å². The summed E-state index contributed by atoms with van der Waals surface area (Å²) in [4.78, 5) is 0. The zero-order chi connectivity index (χ0) is 12.1. The summed E-state index contributed by atoms with van der Waals surface area (Å²) in [6, 6.07) is 19.5. The van der Waals surface area contributed by atoms with Crippen molar-refractivity contribution in [2.24, 2.45) is 0 Å². The number of fused-ring (bicyclic) bond motifs is 5. The van der Waals surface area contributed by atoms with E-state index in [1.54, 1.807) is 0 Å². The lowest BCUT2D eigenvalue weighted by molar-refractivity contribution is 1.79. The number of hydrogen-bond donors (Lipinski definition) is 0. The fourth-order valence-electron chi connectivity index (χ4n) is 2.54. The second-order valence-electron chi connectivity index (χ2n) is 4.37. The summed E-state index contributed by atoms with van der Waals surface area (Å²) in [6.07, 6.45) is 0. The monoisotopic (exact) mass is 312 g/mol. The van der Waals surface area contributed by atoms with E-state index in [2.05, 4.69) is 70.5 Å². The van der Waals surface area contributed by atoms with Crippen LogP contribution in [-0.4, -0.2) is 0 Å². The van der Waals surface area contributed by atoms with E-state index in [-0.39, 0.29) is 0 Å². The van der Waals surface area contributed by atoms with E-state index in [1.165, 1.54) is 35.4 Å². The van der Waals surface area contributed by atoms with Gasteiger partial charge >= 0.3 is 0 Å². The molecule has 0 unspecified atom stereocenters. The smallest absolute Gasteiger partial charge is 0.0366 e. The van der Waals surface area contributed by atoms with Gasteiger partial charge in [0.25, 0.3) is 0 Å². The Balaban J connectivity index is 2.40. The van der Waals surface area contributed by atoms with Crippen LogP contribution in [0.25, 0.3) is 30.9 Å². The van der Waals surface area contributed by atoms with E-state index in [0.717, 1.165) is 0 Å². The third-order valence-electron chi connectivity index (χ3n) is 3.34. The van der Waals surface area contributed by atoms with Gasteiger partial charge in [-0.25, -0.2) is 0 Å². The van der Waals surface area contributed by atoms with Crippen molar-refractivity contribution in [2.45, 2.75) is 0 Å². The highest BCUT2D eigenvalue weighted by molar-refractivity contribution is 9.10. The van der Waals surface area contributed by atoms with Crippen LogP contribution in [0.15, 0.2) is 59.1 Å². The van der Waals surface area contributed by atoms with Crippen LogP contribution in [0.5, 0.6) is 0 Å². The minimum absolute atomic E-state index is 1.18. The first-order valence-electron chi connectivity index (χ1n) is 5.83. The van der Waals surface area contributed by atoms with Crippen molar-refractivity contribution in [1.29, 1.82) is 0 Å². The molecule has 0 fully saturated rings. The molecule has 1 heterocycles. The van der Waals surface area contributed by atoms with Crippen molar-refractivity contribution in [1.82, 2.24) is 0 Å². The van der Waals surface area contributed by atoms with Gasteiger partial charge in [-0.2, -0.15) is 0 Å². The molecule has 18 heavy (non-hydrogen) atoms. The Morgan fingerprint density at radius 1 is 0.722 bits per heavy atom. The molecule has 4 aromatic rings. The molecule has 2 heteroatoms. The number of halogens is 1. The number of thiophene rings is 1. The Morgan fingerprint density at radius 3 is 2.50 bits per heavy atom. The Kier molecular flexibility index (Phi) is 2.23. The van der Waals surface area contributed by atoms with Gasteiger partial charge in [0.15, 0.2) is 0 Å². The summed E-state index contributed by atoms with van der Waals surface area (Å²) in [5, 5.41) is 5.36. The SMILES string of the molecule is Brc1cccc2sc3ccc4ccccc4c3c12. The number of hydrogen-bond acceptors (Lipinski definition) is 1. The zero-order valence-corrected chi connectivity index (χ0v) is 11.9. The lowest BCUT2D eigenvalue weighted by Gasteiger charge is -2.01. The van der Waals surface area contributed by atoms with E-state index in [0.29, 0.717) is 0 Å². The minimum Gasteiger partial charge on any atom is -0.135 e. The largest absolute Gasteiger partial charge is 0.135 e. The second-order valence-corrected chi connectivity index (χ2v) is 6.31. The van der Waals surface area contributed by atoms with Crippen LogP contribution in [0.4, 0.5) is 0 Å². The van der Waals surface area contributed by atoms with Gasteiger partial charge < -0.3 is 0 Å². The third kappa shape index (κ3) is 1.36. The summed E-state index contributed by atoms with van der Waals surface area (Å²) < 4.78 is 3.88. The lowest BCUT2D eigenvalue weighted by Crippen LogP contribution is -1.74. The van der Waals surface area contributed by atoms with Gasteiger partial charge in [0.05, 0.1) is 0 Å². The quantitative estimate of drug-likeness (QED) is 0.375. The molecule has 0 spiro atoms. The molecule has 0 amide bonds. The van der Waals surface area contributed by atoms with E-state index in [9.17, 15) is 0 Å². The highest BCUT2D eigenvalue weighted by Crippen LogP contribution is 2.41. The average molecular weight is 313 g/mol. The maximum atomic E-state index is 3.69. The predicted octanol–water partition coefficient (Wildman–Crippen LogP) is 5.97. The van der Waals surface area contributed by atoms with Gasteiger partial charge in [-0.1, -0.05) is 52.3 Å². The normalized spacial score (nSPS) is 11.6. The molecule has 0 aliphatic carbocycles. The van der Waals surface area contributed by atoms with Crippen LogP contribution >= 0.6 is 27.3 Å². The molecule has 0 aliphatic rings. The Morgan fingerprint density at radius 2 is 1.56 bits per heavy atom. The fraction of sp³-hybridized carbons (Fsp3) is 0. The third-order valence-corrected chi connectivity index (χ3v) is 5.12. The molecule has 0 atom stereocenters. The van der Waals surface area contributed by atoms with Crippen molar-refractivity contribution in [2.75, 3.05) is 0 Å². The van der Waals surface area contributed by atoms with Crippen LogP contribution in [0.3, 0.4) is 0 Å². The molecule has 0 bridgehead atoms. The second kappa shape index (κ2) is 3.81. The van der Waals surface area contributed by atoms with Crippen LogP contribution in [0.2, 0.25) is 0 Å². The van der Waals surface area contributed by atoms with Gasteiger partial charge in [0.2, 0.25) is 0 Å². The first-order chi connectivity index (χ1) is 8.84. The van der Waals surface area contributed by atoms with Crippen molar-refractivity contribution in [3.63, 3.8) is 0 Å². The molecule has 1 aromatic heterocycles. The van der Waals surface area contributed by atoms with Gasteiger partial charge in [-0.15, -0.1) is 11.3 Å². The summed E-state index contributed by atoms with van der Waals surface area (Å²) in [6.45, 7) is 0. The fourth-order valence-corrected chi connectivity index (χ4v) is 4.39. The van der Waals surface area contributed by atoms with E-state index in [1.807, 2.05) is 11.3 Å². The molecule has 86 valence electrons. The summed E-state index contributed by atoms with van der Waals surface area (Å²) in [5.74, 6) is 0.